The summed E-state index contributed by atoms with van der Waals surface area (Å²) in [6.45, 7) is 24.2. The predicted molar refractivity (Wildman–Crippen MR) is 196 cm³/mol. The van der Waals surface area contributed by atoms with Crippen LogP contribution >= 0.6 is 23.2 Å². The van der Waals surface area contributed by atoms with Crippen LogP contribution in [-0.2, 0) is 34.4 Å². The first-order chi connectivity index (χ1) is 21.8. The van der Waals surface area contributed by atoms with E-state index in [-0.39, 0.29) is 28.9 Å². The Balaban J connectivity index is 2.20. The fraction of sp³-hybridized carbons (Fsp3) is 0.806. The molecule has 48 heavy (non-hydrogen) atoms. The third-order valence-corrected chi connectivity index (χ3v) is 20.7. The minimum absolute atomic E-state index is 0.0568. The Hall–Kier alpha value is -1.02. The Morgan fingerprint density at radius 1 is 1.00 bits per heavy atom. The first-order valence-electron chi connectivity index (χ1n) is 16.4. The second-order valence-electron chi connectivity index (χ2n) is 15.9. The van der Waals surface area contributed by atoms with Crippen molar-refractivity contribution in [2.24, 2.45) is 5.73 Å². The molecule has 12 nitrogen and oxygen atoms in total. The SMILES string of the molecule is Cc1cn([C@@H]2OC(CO[Si](C)(C)C(C)(C)C)C3(OS(=O)(=O)C=C3N)[C@H]2O[Si](C)(C)C(C)(C)C)c(=O)n(CCCN(CCCl)CCCl)c1=O. The summed E-state index contributed by atoms with van der Waals surface area (Å²) in [7, 11) is -9.34. The Morgan fingerprint density at radius 3 is 2.04 bits per heavy atom. The molecule has 0 saturated carbocycles. The number of hydrogen-bond donors (Lipinski definition) is 1. The van der Waals surface area contributed by atoms with E-state index in [4.69, 9.17) is 46.7 Å². The molecule has 0 radical (unpaired) electrons. The van der Waals surface area contributed by atoms with Gasteiger partial charge < -0.3 is 24.2 Å². The lowest BCUT2D eigenvalue weighted by molar-refractivity contribution is -0.0567. The van der Waals surface area contributed by atoms with E-state index in [9.17, 15) is 18.0 Å². The lowest BCUT2D eigenvalue weighted by atomic mass is 9.89. The van der Waals surface area contributed by atoms with Crippen molar-refractivity contribution in [1.29, 1.82) is 0 Å². The maximum atomic E-state index is 14.2. The average molecular weight is 772 g/mol. The van der Waals surface area contributed by atoms with Crippen molar-refractivity contribution in [3.05, 3.63) is 43.7 Å². The summed E-state index contributed by atoms with van der Waals surface area (Å²) < 4.78 is 54.8. The highest BCUT2D eigenvalue weighted by Gasteiger charge is 2.67. The van der Waals surface area contributed by atoms with Gasteiger partial charge in [0.15, 0.2) is 28.5 Å². The van der Waals surface area contributed by atoms with Gasteiger partial charge in [0.25, 0.3) is 15.7 Å². The number of alkyl halides is 2. The first kappa shape index (κ1) is 41.4. The van der Waals surface area contributed by atoms with Crippen LogP contribution in [0.2, 0.25) is 36.3 Å². The highest BCUT2D eigenvalue weighted by Crippen LogP contribution is 2.52. The molecule has 0 amide bonds. The Labute approximate surface area is 298 Å². The van der Waals surface area contributed by atoms with E-state index in [2.05, 4.69) is 59.5 Å². The smallest absolute Gasteiger partial charge is 0.333 e. The van der Waals surface area contributed by atoms with Crippen molar-refractivity contribution in [1.82, 2.24) is 14.0 Å². The maximum Gasteiger partial charge on any atom is 0.333 e. The van der Waals surface area contributed by atoms with Gasteiger partial charge in [-0.3, -0.25) is 13.9 Å². The van der Waals surface area contributed by atoms with Gasteiger partial charge in [-0.25, -0.2) is 8.98 Å². The summed E-state index contributed by atoms with van der Waals surface area (Å²) in [4.78, 5) is 29.7. The molecule has 0 bridgehead atoms. The molecule has 0 aliphatic carbocycles. The Bertz CT molecular complexity index is 1560. The zero-order valence-electron chi connectivity index (χ0n) is 30.4. The molecule has 2 unspecified atom stereocenters. The molecule has 1 fully saturated rings. The molecule has 3 rings (SSSR count). The molecule has 1 spiro atoms. The number of rotatable bonds is 14. The highest BCUT2D eigenvalue weighted by atomic mass is 35.5. The van der Waals surface area contributed by atoms with Crippen LogP contribution in [0.5, 0.6) is 0 Å². The molecule has 2 aliphatic rings. The van der Waals surface area contributed by atoms with Gasteiger partial charge in [-0.05, 0) is 56.2 Å². The lowest BCUT2D eigenvalue weighted by Gasteiger charge is -2.43. The molecule has 17 heteroatoms. The van der Waals surface area contributed by atoms with Gasteiger partial charge >= 0.3 is 5.69 Å². The second kappa shape index (κ2) is 14.9. The lowest BCUT2D eigenvalue weighted by Crippen LogP contribution is -2.59. The molecule has 1 aromatic rings. The first-order valence-corrected chi connectivity index (χ1v) is 24.8. The van der Waals surface area contributed by atoms with Crippen LogP contribution in [0.25, 0.3) is 0 Å². The minimum Gasteiger partial charge on any atom is -0.414 e. The van der Waals surface area contributed by atoms with Gasteiger partial charge in [0.1, 0.15) is 12.2 Å². The maximum absolute atomic E-state index is 14.2. The number of ether oxygens (including phenoxy) is 1. The molecule has 4 atom stereocenters. The minimum atomic E-state index is -4.24. The number of nitrogens with two attached hydrogens (primary N) is 1. The van der Waals surface area contributed by atoms with Gasteiger partial charge in [0.05, 0.1) is 17.7 Å². The number of aromatic nitrogens is 2. The van der Waals surface area contributed by atoms with E-state index in [1.165, 1.54) is 15.3 Å². The topological polar surface area (TPSA) is 144 Å². The molecule has 3 heterocycles. The quantitative estimate of drug-likeness (QED) is 0.161. The zero-order chi connectivity index (χ0) is 36.7. The van der Waals surface area contributed by atoms with Gasteiger partial charge in [-0.15, -0.1) is 23.2 Å². The largest absolute Gasteiger partial charge is 0.414 e. The van der Waals surface area contributed by atoms with Crippen molar-refractivity contribution in [3.63, 3.8) is 0 Å². The van der Waals surface area contributed by atoms with Crippen molar-refractivity contribution >= 4 is 50.0 Å². The van der Waals surface area contributed by atoms with Crippen LogP contribution in [0, 0.1) is 6.92 Å². The van der Waals surface area contributed by atoms with Crippen LogP contribution < -0.4 is 17.0 Å². The third kappa shape index (κ3) is 8.53. The summed E-state index contributed by atoms with van der Waals surface area (Å²) in [5.41, 5.74) is 3.94. The van der Waals surface area contributed by atoms with E-state index < -0.39 is 62.0 Å². The van der Waals surface area contributed by atoms with Crippen molar-refractivity contribution in [2.75, 3.05) is 38.0 Å². The third-order valence-electron chi connectivity index (χ3n) is 10.4. The number of hydrogen-bond acceptors (Lipinski definition) is 10. The standard InChI is InChI=1S/C31H56Cl2N4O8SSi2/c1-22-19-37(28(39)36(26(22)38)16-12-15-35(17-13-32)18-14-33)27-25(44-48(10,11)30(5,6)7)31(23(34)21-46(40,41)45-31)24(43-27)20-42-47(8,9)29(2,3)4/h19,21,24-25,27H,12-18,20,34H2,1-11H3/t24?,25-,27+,31?/m0/s1. The molecular formula is C31H56Cl2N4O8SSi2. The van der Waals surface area contributed by atoms with Gasteiger partial charge in [-0.1, -0.05) is 41.5 Å². The number of halogens is 2. The van der Waals surface area contributed by atoms with Crippen LogP contribution in [0.4, 0.5) is 0 Å². The van der Waals surface area contributed by atoms with Crippen LogP contribution in [0.15, 0.2) is 26.9 Å². The van der Waals surface area contributed by atoms with Crippen molar-refractivity contribution in [3.8, 4) is 0 Å². The van der Waals surface area contributed by atoms with Gasteiger partial charge in [-0.2, -0.15) is 8.42 Å². The van der Waals surface area contributed by atoms with E-state index in [1.807, 2.05) is 13.1 Å². The molecule has 276 valence electrons. The van der Waals surface area contributed by atoms with Crippen LogP contribution in [0.1, 0.15) is 59.8 Å². The molecule has 2 aliphatic heterocycles. The number of aryl methyl sites for hydroxylation is 1. The monoisotopic (exact) mass is 770 g/mol. The summed E-state index contributed by atoms with van der Waals surface area (Å²) in [5, 5.41) is 0.413. The van der Waals surface area contributed by atoms with E-state index >= 15 is 0 Å². The van der Waals surface area contributed by atoms with E-state index in [0.29, 0.717) is 43.4 Å². The normalized spacial score (nSPS) is 25.0. The molecule has 1 aromatic heterocycles. The van der Waals surface area contributed by atoms with E-state index in [1.54, 1.807) is 6.92 Å². The molecule has 1 saturated heterocycles. The molecule has 2 N–H and O–H groups in total. The van der Waals surface area contributed by atoms with Crippen molar-refractivity contribution < 1.29 is 26.2 Å². The fourth-order valence-electron chi connectivity index (χ4n) is 5.38. The fourth-order valence-corrected chi connectivity index (χ4v) is 9.36. The summed E-state index contributed by atoms with van der Waals surface area (Å²) in [5.74, 6) is 0.861. The summed E-state index contributed by atoms with van der Waals surface area (Å²) in [6.07, 6.45) is -1.51. The zero-order valence-corrected chi connectivity index (χ0v) is 34.7. The second-order valence-corrected chi connectivity index (χ2v) is 27.6. The van der Waals surface area contributed by atoms with E-state index in [0.717, 1.165) is 5.41 Å². The Morgan fingerprint density at radius 2 is 1.56 bits per heavy atom. The van der Waals surface area contributed by atoms with Crippen LogP contribution in [0.3, 0.4) is 0 Å². The van der Waals surface area contributed by atoms with Crippen LogP contribution in [-0.4, -0.2) is 94.9 Å². The predicted octanol–water partition coefficient (Wildman–Crippen LogP) is 4.70. The highest BCUT2D eigenvalue weighted by molar-refractivity contribution is 7.90. The van der Waals surface area contributed by atoms with Gasteiger partial charge in [0, 0.05) is 43.2 Å². The summed E-state index contributed by atoms with van der Waals surface area (Å²) in [6, 6.07) is 0. The van der Waals surface area contributed by atoms with Gasteiger partial charge in [0.2, 0.25) is 0 Å². The van der Waals surface area contributed by atoms with Crippen molar-refractivity contribution in [2.45, 2.75) is 122 Å². The molecular weight excluding hydrogens is 716 g/mol. The average Bonchev–Trinajstić information content (AvgIpc) is 3.36. The number of nitrogens with zero attached hydrogens (tertiary/aromatic N) is 3. The molecule has 0 aromatic carbocycles. The Kier molecular flexibility index (Phi) is 12.9. The summed E-state index contributed by atoms with van der Waals surface area (Å²) >= 11 is 11.9.